The fourth-order valence-electron chi connectivity index (χ4n) is 5.93. The minimum absolute atomic E-state index is 0.136. The summed E-state index contributed by atoms with van der Waals surface area (Å²) in [7, 11) is 0. The normalized spacial score (nSPS) is 35.9. The van der Waals surface area contributed by atoms with Gasteiger partial charge in [0.25, 0.3) is 0 Å². The summed E-state index contributed by atoms with van der Waals surface area (Å²) in [6.45, 7) is 9.88. The highest BCUT2D eigenvalue weighted by Gasteiger charge is 2.71. The molecule has 2 aliphatic heterocycles. The Morgan fingerprint density at radius 2 is 1.81 bits per heavy atom. The summed E-state index contributed by atoms with van der Waals surface area (Å²) in [5, 5.41) is 20.9. The van der Waals surface area contributed by atoms with Crippen LogP contribution in [0.4, 0.5) is 0 Å². The van der Waals surface area contributed by atoms with E-state index in [9.17, 15) is 10.2 Å². The third kappa shape index (κ3) is 3.01. The number of hydrogen-bond acceptors (Lipinski definition) is 4. The van der Waals surface area contributed by atoms with Gasteiger partial charge in [0.05, 0.1) is 6.10 Å². The van der Waals surface area contributed by atoms with Crippen molar-refractivity contribution in [1.29, 1.82) is 0 Å². The Kier molecular flexibility index (Phi) is 4.89. The Balaban J connectivity index is 1.47. The Labute approximate surface area is 157 Å². The molecule has 1 saturated carbocycles. The van der Waals surface area contributed by atoms with Crippen LogP contribution in [0.1, 0.15) is 44.6 Å². The van der Waals surface area contributed by atoms with Gasteiger partial charge in [0.15, 0.2) is 0 Å². The molecule has 26 heavy (non-hydrogen) atoms. The van der Waals surface area contributed by atoms with Gasteiger partial charge < -0.3 is 10.2 Å². The van der Waals surface area contributed by atoms with Crippen LogP contribution >= 0.6 is 0 Å². The number of rotatable bonds is 5. The first-order chi connectivity index (χ1) is 12.5. The Bertz CT molecular complexity index is 614. The smallest absolute Gasteiger partial charge is 0.0745 e. The highest BCUT2D eigenvalue weighted by Crippen LogP contribution is 2.68. The number of β-amino-alcohol motifs (C(OH)–C–C–N with tert-alkyl or cyclic N) is 1. The first-order valence-corrected chi connectivity index (χ1v) is 10.3. The predicted octanol–water partition coefficient (Wildman–Crippen LogP) is 2.32. The summed E-state index contributed by atoms with van der Waals surface area (Å²) >= 11 is 0. The van der Waals surface area contributed by atoms with Crippen LogP contribution in [-0.4, -0.2) is 71.0 Å². The van der Waals surface area contributed by atoms with E-state index in [2.05, 4.69) is 47.9 Å². The summed E-state index contributed by atoms with van der Waals surface area (Å²) < 4.78 is 0. The highest BCUT2D eigenvalue weighted by molar-refractivity contribution is 5.36. The van der Waals surface area contributed by atoms with Gasteiger partial charge in [-0.05, 0) is 57.2 Å². The number of aliphatic hydroxyl groups excluding tert-OH is 2. The lowest BCUT2D eigenvalue weighted by Crippen LogP contribution is -2.53. The van der Waals surface area contributed by atoms with Gasteiger partial charge in [-0.25, -0.2) is 0 Å². The molecular weight excluding hydrogens is 324 g/mol. The van der Waals surface area contributed by atoms with E-state index in [4.69, 9.17) is 0 Å². The van der Waals surface area contributed by atoms with Crippen molar-refractivity contribution in [1.82, 2.24) is 9.80 Å². The molecule has 0 radical (unpaired) electrons. The quantitative estimate of drug-likeness (QED) is 0.848. The topological polar surface area (TPSA) is 46.9 Å². The minimum atomic E-state index is -0.345. The first kappa shape index (κ1) is 18.4. The molecule has 1 aliphatic carbocycles. The average Bonchev–Trinajstić information content (AvgIpc) is 3.20. The van der Waals surface area contributed by atoms with E-state index in [-0.39, 0.29) is 35.5 Å². The zero-order valence-corrected chi connectivity index (χ0v) is 16.3. The number of benzene rings is 1. The fourth-order valence-corrected chi connectivity index (χ4v) is 5.93. The molecule has 1 aromatic rings. The summed E-state index contributed by atoms with van der Waals surface area (Å²) in [6, 6.07) is 10.5. The molecule has 4 nitrogen and oxygen atoms in total. The van der Waals surface area contributed by atoms with E-state index in [0.29, 0.717) is 0 Å². The molecule has 4 rings (SSSR count). The SMILES string of the molecule is CC(C)(CN1C[C@@H](O)[C@@]2(C1)[C@H](CO)[C@H]2c1ccccc1)N1CCCCC1. The van der Waals surface area contributed by atoms with Crippen molar-refractivity contribution in [2.75, 3.05) is 39.3 Å². The molecule has 1 spiro atoms. The van der Waals surface area contributed by atoms with Crippen molar-refractivity contribution in [3.63, 3.8) is 0 Å². The number of hydrogen-bond donors (Lipinski definition) is 2. The van der Waals surface area contributed by atoms with Crippen molar-refractivity contribution < 1.29 is 10.2 Å². The fraction of sp³-hybridized carbons (Fsp3) is 0.727. The lowest BCUT2D eigenvalue weighted by molar-refractivity contribution is 0.0602. The Morgan fingerprint density at radius 1 is 1.12 bits per heavy atom. The van der Waals surface area contributed by atoms with Gasteiger partial charge >= 0.3 is 0 Å². The van der Waals surface area contributed by atoms with Gasteiger partial charge in [0.2, 0.25) is 0 Å². The second-order valence-corrected chi connectivity index (χ2v) is 9.34. The van der Waals surface area contributed by atoms with Gasteiger partial charge in [-0.3, -0.25) is 9.80 Å². The molecule has 0 unspecified atom stereocenters. The van der Waals surface area contributed by atoms with Gasteiger partial charge in [-0.1, -0.05) is 36.8 Å². The molecule has 0 aromatic heterocycles. The van der Waals surface area contributed by atoms with Crippen LogP contribution in [0.15, 0.2) is 30.3 Å². The predicted molar refractivity (Wildman–Crippen MR) is 104 cm³/mol. The summed E-state index contributed by atoms with van der Waals surface area (Å²) in [5.41, 5.74) is 1.24. The van der Waals surface area contributed by atoms with Crippen LogP contribution in [0, 0.1) is 11.3 Å². The van der Waals surface area contributed by atoms with Crippen molar-refractivity contribution in [3.8, 4) is 0 Å². The van der Waals surface area contributed by atoms with Crippen molar-refractivity contribution in [2.45, 2.75) is 50.7 Å². The van der Waals surface area contributed by atoms with Crippen LogP contribution in [0.5, 0.6) is 0 Å². The second kappa shape index (κ2) is 6.90. The largest absolute Gasteiger partial charge is 0.396 e. The van der Waals surface area contributed by atoms with Crippen molar-refractivity contribution >= 4 is 0 Å². The van der Waals surface area contributed by atoms with Gasteiger partial charge in [-0.15, -0.1) is 0 Å². The van der Waals surface area contributed by atoms with E-state index in [1.165, 1.54) is 37.9 Å². The van der Waals surface area contributed by atoms with E-state index in [1.807, 2.05) is 6.07 Å². The molecule has 3 aliphatic rings. The zero-order valence-electron chi connectivity index (χ0n) is 16.3. The number of piperidine rings is 1. The molecule has 0 bridgehead atoms. The molecule has 2 saturated heterocycles. The standard InChI is InChI=1S/C22H34N2O2/c1-21(2,24-11-7-4-8-12-24)15-23-13-19(26)22(16-23)18(14-25)20(22)17-9-5-3-6-10-17/h3,5-6,9-10,18-20,25-26H,4,7-8,11-16H2,1-2H3/t18-,19-,20-,22-/m1/s1. The maximum atomic E-state index is 11.0. The van der Waals surface area contributed by atoms with E-state index in [0.717, 1.165) is 19.6 Å². The van der Waals surface area contributed by atoms with Crippen LogP contribution < -0.4 is 0 Å². The molecule has 4 atom stereocenters. The number of nitrogens with zero attached hydrogens (tertiary/aromatic N) is 2. The van der Waals surface area contributed by atoms with Crippen LogP contribution in [-0.2, 0) is 0 Å². The number of aliphatic hydroxyl groups is 2. The summed E-state index contributed by atoms with van der Waals surface area (Å²) in [5.74, 6) is 0.467. The van der Waals surface area contributed by atoms with Gasteiger partial charge in [0, 0.05) is 37.2 Å². The molecule has 1 aromatic carbocycles. The van der Waals surface area contributed by atoms with Gasteiger partial charge in [-0.2, -0.15) is 0 Å². The first-order valence-electron chi connectivity index (χ1n) is 10.3. The molecule has 2 N–H and O–H groups in total. The second-order valence-electron chi connectivity index (χ2n) is 9.34. The maximum Gasteiger partial charge on any atom is 0.0745 e. The van der Waals surface area contributed by atoms with E-state index < -0.39 is 0 Å². The summed E-state index contributed by atoms with van der Waals surface area (Å²) in [6.07, 6.45) is 3.62. The summed E-state index contributed by atoms with van der Waals surface area (Å²) in [4.78, 5) is 5.07. The van der Waals surface area contributed by atoms with E-state index in [1.54, 1.807) is 0 Å². The van der Waals surface area contributed by atoms with Gasteiger partial charge in [0.1, 0.15) is 0 Å². The monoisotopic (exact) mass is 358 g/mol. The highest BCUT2D eigenvalue weighted by atomic mass is 16.3. The Hall–Kier alpha value is -0.940. The molecular formula is C22H34N2O2. The minimum Gasteiger partial charge on any atom is -0.396 e. The molecule has 144 valence electrons. The van der Waals surface area contributed by atoms with Crippen LogP contribution in [0.2, 0.25) is 0 Å². The third-order valence-electron chi connectivity index (χ3n) is 7.29. The zero-order chi connectivity index (χ0) is 18.4. The maximum absolute atomic E-state index is 11.0. The third-order valence-corrected chi connectivity index (χ3v) is 7.29. The van der Waals surface area contributed by atoms with Crippen LogP contribution in [0.3, 0.4) is 0 Å². The van der Waals surface area contributed by atoms with E-state index >= 15 is 0 Å². The molecule has 3 fully saturated rings. The molecule has 0 amide bonds. The average molecular weight is 359 g/mol. The number of likely N-dealkylation sites (tertiary alicyclic amines) is 2. The lowest BCUT2D eigenvalue weighted by atomic mass is 9.95. The lowest BCUT2D eigenvalue weighted by Gasteiger charge is -2.43. The van der Waals surface area contributed by atoms with Crippen LogP contribution in [0.25, 0.3) is 0 Å². The van der Waals surface area contributed by atoms with Crippen molar-refractivity contribution in [3.05, 3.63) is 35.9 Å². The molecule has 2 heterocycles. The Morgan fingerprint density at radius 3 is 2.46 bits per heavy atom. The molecule has 4 heteroatoms. The van der Waals surface area contributed by atoms with Crippen molar-refractivity contribution in [2.24, 2.45) is 11.3 Å².